The van der Waals surface area contributed by atoms with Gasteiger partial charge in [-0.25, -0.2) is 0 Å². The van der Waals surface area contributed by atoms with Crippen LogP contribution in [0.1, 0.15) is 5.56 Å². The molecular weight excluding hydrogens is 446 g/mol. The van der Waals surface area contributed by atoms with Crippen LogP contribution < -0.4 is 19.1 Å². The monoisotopic (exact) mass is 467 g/mol. The van der Waals surface area contributed by atoms with Crippen molar-refractivity contribution in [2.75, 3.05) is 39.4 Å². The van der Waals surface area contributed by atoms with Crippen molar-refractivity contribution in [3.8, 4) is 23.3 Å². The van der Waals surface area contributed by atoms with Crippen molar-refractivity contribution < 1.29 is 28.5 Å². The summed E-state index contributed by atoms with van der Waals surface area (Å²) in [5.41, 5.74) is 1.32. The number of ether oxygens (including phenoxy) is 4. The van der Waals surface area contributed by atoms with Crippen LogP contribution >= 0.6 is 12.2 Å². The highest BCUT2D eigenvalue weighted by Gasteiger charge is 2.40. The second-order valence-electron chi connectivity index (χ2n) is 6.67. The van der Waals surface area contributed by atoms with Gasteiger partial charge in [-0.1, -0.05) is 6.07 Å². The molecule has 0 aromatic heterocycles. The Balaban J connectivity index is 2.02. The van der Waals surface area contributed by atoms with Crippen LogP contribution in [0.5, 0.6) is 17.2 Å². The van der Waals surface area contributed by atoms with Crippen LogP contribution in [0.2, 0.25) is 0 Å². The number of hydrogen-bond acceptors (Lipinski definition) is 8. The van der Waals surface area contributed by atoms with Crippen molar-refractivity contribution in [1.29, 1.82) is 5.26 Å². The van der Waals surface area contributed by atoms with E-state index in [1.54, 1.807) is 55.7 Å². The Morgan fingerprint density at radius 2 is 1.82 bits per heavy atom. The predicted molar refractivity (Wildman–Crippen MR) is 124 cm³/mol. The summed E-state index contributed by atoms with van der Waals surface area (Å²) >= 11 is 5.53. The smallest absolute Gasteiger partial charge is 0.325 e. The van der Waals surface area contributed by atoms with Gasteiger partial charge in [0.05, 0.1) is 27.0 Å². The fourth-order valence-corrected chi connectivity index (χ4v) is 3.50. The topological polar surface area (TPSA) is 101 Å². The zero-order valence-electron chi connectivity index (χ0n) is 18.2. The van der Waals surface area contributed by atoms with Crippen molar-refractivity contribution in [3.63, 3.8) is 0 Å². The molecule has 2 aromatic rings. The number of amides is 1. The minimum absolute atomic E-state index is 0.132. The summed E-state index contributed by atoms with van der Waals surface area (Å²) in [7, 11) is 4.28. The molecule has 1 aliphatic heterocycles. The van der Waals surface area contributed by atoms with Crippen molar-refractivity contribution in [2.24, 2.45) is 0 Å². The Bertz CT molecular complexity index is 1140. The van der Waals surface area contributed by atoms with Gasteiger partial charge in [-0.05, 0) is 60.3 Å². The second-order valence-corrected chi connectivity index (χ2v) is 7.04. The molecule has 2 aromatic carbocycles. The molecule has 3 rings (SSSR count). The van der Waals surface area contributed by atoms with Crippen LogP contribution in [-0.2, 0) is 14.3 Å². The first-order valence-electron chi connectivity index (χ1n) is 9.69. The Morgan fingerprint density at radius 1 is 1.09 bits per heavy atom. The highest BCUT2D eigenvalue weighted by Crippen LogP contribution is 2.33. The largest absolute Gasteiger partial charge is 0.497 e. The lowest BCUT2D eigenvalue weighted by Gasteiger charge is -2.19. The van der Waals surface area contributed by atoms with Gasteiger partial charge < -0.3 is 23.8 Å². The molecule has 10 heteroatoms. The van der Waals surface area contributed by atoms with Crippen molar-refractivity contribution in [3.05, 3.63) is 53.7 Å². The zero-order valence-corrected chi connectivity index (χ0v) is 19.0. The lowest BCUT2D eigenvalue weighted by atomic mass is 10.1. The van der Waals surface area contributed by atoms with Crippen LogP contribution in [0, 0.1) is 11.3 Å². The first-order valence-corrected chi connectivity index (χ1v) is 10.1. The van der Waals surface area contributed by atoms with Gasteiger partial charge in [0.25, 0.3) is 5.91 Å². The van der Waals surface area contributed by atoms with Gasteiger partial charge in [0.15, 0.2) is 23.2 Å². The molecule has 1 saturated heterocycles. The van der Waals surface area contributed by atoms with E-state index in [0.29, 0.717) is 28.5 Å². The molecule has 0 radical (unpaired) electrons. The number of anilines is 1. The van der Waals surface area contributed by atoms with E-state index in [2.05, 4.69) is 0 Å². The maximum Gasteiger partial charge on any atom is 0.325 e. The standard InChI is InChI=1S/C23H21N3O6S/c1-29-17-7-5-16(6-8-17)26-22(28)18(25(23(26)33)14-21(27)31-3)12-15-4-9-19(32-11-10-24)20(13-15)30-2/h4-9,12-13H,11,14H2,1-3H3/b18-12-. The number of rotatable bonds is 8. The van der Waals surface area contributed by atoms with Gasteiger partial charge in [-0.3, -0.25) is 14.5 Å². The van der Waals surface area contributed by atoms with Crippen LogP contribution in [0.25, 0.3) is 6.08 Å². The van der Waals surface area contributed by atoms with Crippen molar-refractivity contribution >= 4 is 41.0 Å². The van der Waals surface area contributed by atoms with E-state index in [4.69, 9.17) is 36.4 Å². The summed E-state index contributed by atoms with van der Waals surface area (Å²) in [5, 5.41) is 8.87. The highest BCUT2D eigenvalue weighted by atomic mass is 32.1. The van der Waals surface area contributed by atoms with E-state index >= 15 is 0 Å². The Morgan fingerprint density at radius 3 is 2.42 bits per heavy atom. The molecule has 0 unspecified atom stereocenters. The average Bonchev–Trinajstić information content (AvgIpc) is 3.06. The van der Waals surface area contributed by atoms with E-state index in [9.17, 15) is 9.59 Å². The molecule has 0 saturated carbocycles. The molecular formula is C23H21N3O6S. The number of methoxy groups -OCH3 is 3. The van der Waals surface area contributed by atoms with E-state index in [0.717, 1.165) is 0 Å². The quantitative estimate of drug-likeness (QED) is 0.329. The van der Waals surface area contributed by atoms with Crippen LogP contribution in [0.3, 0.4) is 0 Å². The van der Waals surface area contributed by atoms with Gasteiger partial charge >= 0.3 is 5.97 Å². The summed E-state index contributed by atoms with van der Waals surface area (Å²) in [6.07, 6.45) is 1.59. The molecule has 1 heterocycles. The number of carbonyl (C=O) groups is 2. The first-order chi connectivity index (χ1) is 15.9. The first kappa shape index (κ1) is 23.6. The summed E-state index contributed by atoms with van der Waals surface area (Å²) < 4.78 is 20.6. The number of thiocarbonyl (C=S) groups is 1. The Hall–Kier alpha value is -4.10. The minimum Gasteiger partial charge on any atom is -0.497 e. The third-order valence-corrected chi connectivity index (χ3v) is 5.17. The maximum absolute atomic E-state index is 13.4. The molecule has 1 aliphatic rings. The second kappa shape index (κ2) is 10.5. The van der Waals surface area contributed by atoms with Crippen LogP contribution in [0.4, 0.5) is 5.69 Å². The third-order valence-electron chi connectivity index (χ3n) is 4.76. The number of carbonyl (C=O) groups excluding carboxylic acids is 2. The number of esters is 1. The van der Waals surface area contributed by atoms with Gasteiger partial charge in [0, 0.05) is 0 Å². The molecule has 0 N–H and O–H groups in total. The minimum atomic E-state index is -0.550. The third kappa shape index (κ3) is 5.05. The van der Waals surface area contributed by atoms with E-state index < -0.39 is 11.9 Å². The number of nitrogens with zero attached hydrogens (tertiary/aromatic N) is 3. The molecule has 1 fully saturated rings. The zero-order chi connectivity index (χ0) is 24.0. The number of hydrogen-bond donors (Lipinski definition) is 0. The van der Waals surface area contributed by atoms with Gasteiger partial charge in [0.2, 0.25) is 0 Å². The summed E-state index contributed by atoms with van der Waals surface area (Å²) in [5.74, 6) is 0.451. The average molecular weight is 468 g/mol. The van der Waals surface area contributed by atoms with Crippen molar-refractivity contribution in [1.82, 2.24) is 4.90 Å². The summed E-state index contributed by atoms with van der Waals surface area (Å²) in [6, 6.07) is 13.7. The molecule has 33 heavy (non-hydrogen) atoms. The molecule has 9 nitrogen and oxygen atoms in total. The van der Waals surface area contributed by atoms with E-state index in [-0.39, 0.29) is 24.0 Å². The fraction of sp³-hybridized carbons (Fsp3) is 0.217. The maximum atomic E-state index is 13.4. The van der Waals surface area contributed by atoms with Gasteiger partial charge in [0.1, 0.15) is 24.1 Å². The number of nitriles is 1. The molecule has 0 bridgehead atoms. The normalized spacial score (nSPS) is 14.3. The summed E-state index contributed by atoms with van der Waals surface area (Å²) in [4.78, 5) is 28.2. The molecule has 170 valence electrons. The Kier molecular flexibility index (Phi) is 7.48. The predicted octanol–water partition coefficient (Wildman–Crippen LogP) is 2.75. The van der Waals surface area contributed by atoms with E-state index in [1.165, 1.54) is 24.0 Å². The van der Waals surface area contributed by atoms with E-state index in [1.807, 2.05) is 6.07 Å². The molecule has 1 amide bonds. The lowest BCUT2D eigenvalue weighted by Crippen LogP contribution is -2.35. The highest BCUT2D eigenvalue weighted by molar-refractivity contribution is 7.80. The molecule has 0 atom stereocenters. The molecule has 0 aliphatic carbocycles. The molecule has 0 spiro atoms. The Labute approximate surface area is 196 Å². The summed E-state index contributed by atoms with van der Waals surface area (Å²) in [6.45, 7) is -0.368. The number of benzene rings is 2. The van der Waals surface area contributed by atoms with Gasteiger partial charge in [-0.2, -0.15) is 5.26 Å². The van der Waals surface area contributed by atoms with Crippen molar-refractivity contribution in [2.45, 2.75) is 0 Å². The van der Waals surface area contributed by atoms with Crippen LogP contribution in [0.15, 0.2) is 48.2 Å². The lowest BCUT2D eigenvalue weighted by molar-refractivity contribution is -0.140. The fourth-order valence-electron chi connectivity index (χ4n) is 3.15. The SMILES string of the molecule is COC(=O)CN1C(=S)N(c2ccc(OC)cc2)C(=O)/C1=C/c1ccc(OCC#N)c(OC)c1. The van der Waals surface area contributed by atoms with Crippen LogP contribution in [-0.4, -0.2) is 56.4 Å². The van der Waals surface area contributed by atoms with Gasteiger partial charge in [-0.15, -0.1) is 0 Å².